The zero-order valence-corrected chi connectivity index (χ0v) is 11.2. The van der Waals surface area contributed by atoms with E-state index in [2.05, 4.69) is 11.1 Å². The minimum absolute atomic E-state index is 0.730. The van der Waals surface area contributed by atoms with E-state index in [0.717, 1.165) is 20.5 Å². The van der Waals surface area contributed by atoms with Crippen LogP contribution in [0.2, 0.25) is 0 Å². The van der Waals surface area contributed by atoms with Crippen molar-refractivity contribution in [1.82, 2.24) is 9.55 Å². The Morgan fingerprint density at radius 1 is 1.35 bits per heavy atom. The number of nitrogens with zero attached hydrogens (tertiary/aromatic N) is 3. The zero-order chi connectivity index (χ0) is 12.3. The number of benzene rings is 1. The van der Waals surface area contributed by atoms with Gasteiger partial charge in [-0.05, 0) is 18.4 Å². The Morgan fingerprint density at radius 2 is 2.12 bits per heavy atom. The maximum absolute atomic E-state index is 9.22. The first kappa shape index (κ1) is 12.1. The Hall–Kier alpha value is -1.38. The van der Waals surface area contributed by atoms with Crippen LogP contribution in [0.4, 0.5) is 0 Å². The summed E-state index contributed by atoms with van der Waals surface area (Å²) in [6.07, 6.45) is 5.63. The van der Waals surface area contributed by atoms with Crippen molar-refractivity contribution < 1.29 is 0 Å². The third kappa shape index (κ3) is 2.48. The van der Waals surface area contributed by atoms with Crippen molar-refractivity contribution in [2.75, 3.05) is 6.26 Å². The Bertz CT molecular complexity index is 569. The highest BCUT2D eigenvalue weighted by atomic mass is 32.2. The molecule has 0 saturated carbocycles. The number of aryl methyl sites for hydroxylation is 1. The fourth-order valence-electron chi connectivity index (χ4n) is 1.42. The summed E-state index contributed by atoms with van der Waals surface area (Å²) in [6.45, 7) is 0. The summed E-state index contributed by atoms with van der Waals surface area (Å²) in [6, 6.07) is 8.16. The third-order valence-corrected chi connectivity index (χ3v) is 4.21. The van der Waals surface area contributed by atoms with Crippen molar-refractivity contribution in [1.29, 1.82) is 5.26 Å². The van der Waals surface area contributed by atoms with Crippen LogP contribution in [0.5, 0.6) is 0 Å². The van der Waals surface area contributed by atoms with Crippen LogP contribution in [0.3, 0.4) is 0 Å². The second kappa shape index (κ2) is 5.30. The highest BCUT2D eigenvalue weighted by molar-refractivity contribution is 7.99. The number of imidazole rings is 1. The standard InChI is InChI=1S/C12H11N3S2/c1-15-7-6-14-12(15)17-11-5-3-4-10(16-2)9(11)8-13/h3-7H,1-2H3. The smallest absolute Gasteiger partial charge is 0.172 e. The van der Waals surface area contributed by atoms with Gasteiger partial charge in [-0.1, -0.05) is 17.8 Å². The summed E-state index contributed by atoms with van der Waals surface area (Å²) in [5.74, 6) is 0. The van der Waals surface area contributed by atoms with Crippen LogP contribution >= 0.6 is 23.5 Å². The summed E-state index contributed by atoms with van der Waals surface area (Å²) in [5.41, 5.74) is 0.730. The Morgan fingerprint density at radius 3 is 2.71 bits per heavy atom. The molecule has 5 heteroatoms. The van der Waals surface area contributed by atoms with Crippen LogP contribution < -0.4 is 0 Å². The normalized spacial score (nSPS) is 10.2. The summed E-state index contributed by atoms with van der Waals surface area (Å²) in [5, 5.41) is 10.1. The molecule has 0 fully saturated rings. The van der Waals surface area contributed by atoms with Gasteiger partial charge in [0.2, 0.25) is 0 Å². The molecule has 0 atom stereocenters. The Balaban J connectivity index is 2.40. The predicted octanol–water partition coefficient (Wildman–Crippen LogP) is 3.16. The van der Waals surface area contributed by atoms with E-state index < -0.39 is 0 Å². The summed E-state index contributed by atoms with van der Waals surface area (Å²) in [4.78, 5) is 6.21. The molecule has 0 aliphatic rings. The molecule has 3 nitrogen and oxygen atoms in total. The molecule has 0 unspecified atom stereocenters. The quantitative estimate of drug-likeness (QED) is 0.796. The molecule has 0 radical (unpaired) electrons. The van der Waals surface area contributed by atoms with E-state index in [1.807, 2.05) is 42.3 Å². The number of aromatic nitrogens is 2. The van der Waals surface area contributed by atoms with Gasteiger partial charge in [-0.2, -0.15) is 5.26 Å². The molecule has 1 aromatic heterocycles. The molecular formula is C12H11N3S2. The Labute approximate surface area is 109 Å². The van der Waals surface area contributed by atoms with Crippen molar-refractivity contribution in [3.8, 4) is 6.07 Å². The van der Waals surface area contributed by atoms with Crippen molar-refractivity contribution in [3.63, 3.8) is 0 Å². The SMILES string of the molecule is CSc1cccc(Sc2nccn2C)c1C#N. The molecular weight excluding hydrogens is 250 g/mol. The lowest BCUT2D eigenvalue weighted by molar-refractivity contribution is 0.790. The first-order valence-electron chi connectivity index (χ1n) is 4.98. The molecule has 17 heavy (non-hydrogen) atoms. The van der Waals surface area contributed by atoms with E-state index in [1.54, 1.807) is 18.0 Å². The number of thioether (sulfide) groups is 1. The molecule has 2 rings (SSSR count). The predicted molar refractivity (Wildman–Crippen MR) is 70.3 cm³/mol. The van der Waals surface area contributed by atoms with Gasteiger partial charge >= 0.3 is 0 Å². The van der Waals surface area contributed by atoms with E-state index >= 15 is 0 Å². The third-order valence-electron chi connectivity index (χ3n) is 2.30. The molecule has 2 aromatic rings. The van der Waals surface area contributed by atoms with Gasteiger partial charge < -0.3 is 4.57 Å². The molecule has 0 bridgehead atoms. The lowest BCUT2D eigenvalue weighted by Gasteiger charge is -2.06. The van der Waals surface area contributed by atoms with E-state index in [4.69, 9.17) is 0 Å². The monoisotopic (exact) mass is 261 g/mol. The van der Waals surface area contributed by atoms with E-state index in [9.17, 15) is 5.26 Å². The largest absolute Gasteiger partial charge is 0.329 e. The number of nitriles is 1. The summed E-state index contributed by atoms with van der Waals surface area (Å²) < 4.78 is 1.94. The van der Waals surface area contributed by atoms with Gasteiger partial charge in [0.1, 0.15) is 6.07 Å². The maximum atomic E-state index is 9.22. The van der Waals surface area contributed by atoms with Crippen LogP contribution in [-0.2, 0) is 7.05 Å². The highest BCUT2D eigenvalue weighted by Crippen LogP contribution is 2.33. The van der Waals surface area contributed by atoms with Crippen LogP contribution in [0.25, 0.3) is 0 Å². The molecule has 86 valence electrons. The maximum Gasteiger partial charge on any atom is 0.172 e. The molecule has 0 aliphatic carbocycles. The average molecular weight is 261 g/mol. The van der Waals surface area contributed by atoms with Gasteiger partial charge in [-0.3, -0.25) is 0 Å². The lowest BCUT2D eigenvalue weighted by Crippen LogP contribution is -1.91. The van der Waals surface area contributed by atoms with Crippen molar-refractivity contribution in [2.45, 2.75) is 14.9 Å². The number of rotatable bonds is 3. The van der Waals surface area contributed by atoms with Gasteiger partial charge in [0, 0.05) is 29.2 Å². The van der Waals surface area contributed by atoms with Gasteiger partial charge in [0.05, 0.1) is 5.56 Å². The molecule has 1 aromatic carbocycles. The van der Waals surface area contributed by atoms with Gasteiger partial charge in [0.15, 0.2) is 5.16 Å². The molecule has 0 amide bonds. The molecule has 0 spiro atoms. The number of hydrogen-bond acceptors (Lipinski definition) is 4. The number of hydrogen-bond donors (Lipinski definition) is 0. The van der Waals surface area contributed by atoms with Gasteiger partial charge in [-0.15, -0.1) is 11.8 Å². The second-order valence-corrected chi connectivity index (χ2v) is 5.23. The van der Waals surface area contributed by atoms with E-state index in [0.29, 0.717) is 0 Å². The van der Waals surface area contributed by atoms with Crippen LogP contribution in [0.1, 0.15) is 5.56 Å². The van der Waals surface area contributed by atoms with Crippen LogP contribution in [0.15, 0.2) is 45.5 Å². The van der Waals surface area contributed by atoms with E-state index in [1.165, 1.54) is 11.8 Å². The Kier molecular flexibility index (Phi) is 3.77. The van der Waals surface area contributed by atoms with Crippen molar-refractivity contribution >= 4 is 23.5 Å². The molecule has 0 N–H and O–H groups in total. The summed E-state index contributed by atoms with van der Waals surface area (Å²) in [7, 11) is 1.94. The molecule has 0 aliphatic heterocycles. The van der Waals surface area contributed by atoms with Gasteiger partial charge in [-0.25, -0.2) is 4.98 Å². The first-order valence-corrected chi connectivity index (χ1v) is 7.02. The van der Waals surface area contributed by atoms with Gasteiger partial charge in [0.25, 0.3) is 0 Å². The topological polar surface area (TPSA) is 41.6 Å². The fourth-order valence-corrected chi connectivity index (χ4v) is 2.98. The minimum Gasteiger partial charge on any atom is -0.329 e. The highest BCUT2D eigenvalue weighted by Gasteiger charge is 2.10. The first-order chi connectivity index (χ1) is 8.26. The summed E-state index contributed by atoms with van der Waals surface area (Å²) >= 11 is 3.11. The second-order valence-electron chi connectivity index (χ2n) is 3.37. The average Bonchev–Trinajstić information content (AvgIpc) is 2.74. The van der Waals surface area contributed by atoms with E-state index in [-0.39, 0.29) is 0 Å². The van der Waals surface area contributed by atoms with Crippen LogP contribution in [0, 0.1) is 11.3 Å². The van der Waals surface area contributed by atoms with Crippen molar-refractivity contribution in [3.05, 3.63) is 36.2 Å². The molecule has 0 saturated heterocycles. The van der Waals surface area contributed by atoms with Crippen molar-refractivity contribution in [2.24, 2.45) is 7.05 Å². The lowest BCUT2D eigenvalue weighted by atomic mass is 10.2. The molecule has 1 heterocycles. The van der Waals surface area contributed by atoms with Crippen LogP contribution in [-0.4, -0.2) is 15.8 Å². The zero-order valence-electron chi connectivity index (χ0n) is 9.54. The minimum atomic E-state index is 0.730. The fraction of sp³-hybridized carbons (Fsp3) is 0.167.